The predicted octanol–water partition coefficient (Wildman–Crippen LogP) is 2.38. The number of halogens is 1. The van der Waals surface area contributed by atoms with E-state index in [1.807, 2.05) is 11.8 Å². The number of carbonyl (C=O) groups is 1. The van der Waals surface area contributed by atoms with E-state index in [4.69, 9.17) is 9.47 Å². The molecule has 0 saturated heterocycles. The molecule has 0 aliphatic carbocycles. The van der Waals surface area contributed by atoms with Gasteiger partial charge in [-0.05, 0) is 24.2 Å². The average molecular weight is 328 g/mol. The standard InChI is InChI=1S/C14H18BrNO3/c1-3-16(9-13(17)18-2)8-11-7-12(15)6-10-4-5-19-14(10)11/h6-7H,3-5,8-9H2,1-2H3. The van der Waals surface area contributed by atoms with Crippen molar-refractivity contribution in [2.24, 2.45) is 0 Å². The Bertz CT molecular complexity index is 476. The molecule has 0 radical (unpaired) electrons. The van der Waals surface area contributed by atoms with Crippen LogP contribution in [0.3, 0.4) is 0 Å². The third kappa shape index (κ3) is 3.48. The van der Waals surface area contributed by atoms with Gasteiger partial charge < -0.3 is 9.47 Å². The van der Waals surface area contributed by atoms with E-state index in [1.165, 1.54) is 12.7 Å². The highest BCUT2D eigenvalue weighted by atomic mass is 79.9. The van der Waals surface area contributed by atoms with Crippen molar-refractivity contribution in [2.75, 3.05) is 26.8 Å². The second-order valence-corrected chi connectivity index (χ2v) is 5.45. The maximum Gasteiger partial charge on any atom is 0.319 e. The van der Waals surface area contributed by atoms with Gasteiger partial charge in [0, 0.05) is 23.0 Å². The van der Waals surface area contributed by atoms with Gasteiger partial charge in [0.05, 0.1) is 20.3 Å². The molecule has 0 spiro atoms. The third-order valence-corrected chi connectivity index (χ3v) is 3.70. The van der Waals surface area contributed by atoms with Crippen LogP contribution in [0, 0.1) is 0 Å². The second-order valence-electron chi connectivity index (χ2n) is 4.53. The molecule has 1 aromatic rings. The van der Waals surface area contributed by atoms with Crippen LogP contribution in [0.15, 0.2) is 16.6 Å². The van der Waals surface area contributed by atoms with Gasteiger partial charge in [0.1, 0.15) is 5.75 Å². The Labute approximate surface area is 121 Å². The lowest BCUT2D eigenvalue weighted by atomic mass is 10.1. The van der Waals surface area contributed by atoms with Crippen molar-refractivity contribution in [1.82, 2.24) is 4.90 Å². The Hall–Kier alpha value is -1.07. The normalized spacial score (nSPS) is 13.3. The van der Waals surface area contributed by atoms with Gasteiger partial charge in [0.2, 0.25) is 0 Å². The molecular weight excluding hydrogens is 310 g/mol. The molecule has 5 heteroatoms. The molecule has 1 aliphatic heterocycles. The summed E-state index contributed by atoms with van der Waals surface area (Å²) < 4.78 is 11.5. The number of ether oxygens (including phenoxy) is 2. The first kappa shape index (κ1) is 14.3. The molecule has 0 saturated carbocycles. The largest absolute Gasteiger partial charge is 0.493 e. The molecular formula is C14H18BrNO3. The number of methoxy groups -OCH3 is 1. The van der Waals surface area contributed by atoms with Crippen LogP contribution in [0.2, 0.25) is 0 Å². The van der Waals surface area contributed by atoms with E-state index in [1.54, 1.807) is 0 Å². The van der Waals surface area contributed by atoms with Gasteiger partial charge >= 0.3 is 5.97 Å². The van der Waals surface area contributed by atoms with E-state index in [0.717, 1.165) is 35.4 Å². The average Bonchev–Trinajstić information content (AvgIpc) is 2.85. The van der Waals surface area contributed by atoms with Crippen LogP contribution in [-0.4, -0.2) is 37.7 Å². The topological polar surface area (TPSA) is 38.8 Å². The van der Waals surface area contributed by atoms with Gasteiger partial charge in [-0.1, -0.05) is 22.9 Å². The summed E-state index contributed by atoms with van der Waals surface area (Å²) in [7, 11) is 1.41. The summed E-state index contributed by atoms with van der Waals surface area (Å²) in [6.45, 7) is 4.54. The van der Waals surface area contributed by atoms with Crippen molar-refractivity contribution in [2.45, 2.75) is 19.9 Å². The third-order valence-electron chi connectivity index (χ3n) is 3.25. The number of benzene rings is 1. The molecule has 0 N–H and O–H groups in total. The fourth-order valence-corrected chi connectivity index (χ4v) is 2.78. The molecule has 1 aliphatic rings. The molecule has 0 bridgehead atoms. The zero-order valence-electron chi connectivity index (χ0n) is 11.2. The minimum Gasteiger partial charge on any atom is -0.493 e. The summed E-state index contributed by atoms with van der Waals surface area (Å²) in [4.78, 5) is 13.4. The fraction of sp³-hybridized carbons (Fsp3) is 0.500. The lowest BCUT2D eigenvalue weighted by Gasteiger charge is -2.20. The summed E-state index contributed by atoms with van der Waals surface area (Å²) >= 11 is 3.53. The maximum absolute atomic E-state index is 11.4. The summed E-state index contributed by atoms with van der Waals surface area (Å²) in [5, 5.41) is 0. The maximum atomic E-state index is 11.4. The van der Waals surface area contributed by atoms with Gasteiger partial charge in [-0.3, -0.25) is 9.69 Å². The first-order chi connectivity index (χ1) is 9.13. The molecule has 1 heterocycles. The van der Waals surface area contributed by atoms with Crippen LogP contribution < -0.4 is 4.74 Å². The molecule has 104 valence electrons. The van der Waals surface area contributed by atoms with Gasteiger partial charge in [-0.25, -0.2) is 0 Å². The number of carbonyl (C=O) groups excluding carboxylic acids is 1. The molecule has 2 rings (SSSR count). The lowest BCUT2D eigenvalue weighted by Crippen LogP contribution is -2.30. The highest BCUT2D eigenvalue weighted by Crippen LogP contribution is 2.33. The first-order valence-corrected chi connectivity index (χ1v) is 7.16. The summed E-state index contributed by atoms with van der Waals surface area (Å²) in [6.07, 6.45) is 0.949. The number of rotatable bonds is 5. The highest BCUT2D eigenvalue weighted by molar-refractivity contribution is 9.10. The monoisotopic (exact) mass is 327 g/mol. The minimum atomic E-state index is -0.214. The van der Waals surface area contributed by atoms with E-state index in [9.17, 15) is 4.79 Å². The number of nitrogens with zero attached hydrogens (tertiary/aromatic N) is 1. The molecule has 19 heavy (non-hydrogen) atoms. The van der Waals surface area contributed by atoms with Crippen molar-refractivity contribution >= 4 is 21.9 Å². The number of likely N-dealkylation sites (N-methyl/N-ethyl adjacent to an activating group) is 1. The molecule has 0 amide bonds. The molecule has 0 fully saturated rings. The van der Waals surface area contributed by atoms with Crippen molar-refractivity contribution in [1.29, 1.82) is 0 Å². The molecule has 4 nitrogen and oxygen atoms in total. The van der Waals surface area contributed by atoms with Gasteiger partial charge in [-0.2, -0.15) is 0 Å². The van der Waals surface area contributed by atoms with Crippen LogP contribution in [0.5, 0.6) is 5.75 Å². The molecule has 0 aromatic heterocycles. The van der Waals surface area contributed by atoms with E-state index >= 15 is 0 Å². The Morgan fingerprint density at radius 1 is 1.53 bits per heavy atom. The summed E-state index contributed by atoms with van der Waals surface area (Å²) in [6, 6.07) is 4.16. The lowest BCUT2D eigenvalue weighted by molar-refractivity contribution is -0.142. The number of esters is 1. The Balaban J connectivity index is 2.15. The quantitative estimate of drug-likeness (QED) is 0.778. The van der Waals surface area contributed by atoms with Gasteiger partial charge in [-0.15, -0.1) is 0 Å². The number of hydrogen-bond acceptors (Lipinski definition) is 4. The number of fused-ring (bicyclic) bond motifs is 1. The minimum absolute atomic E-state index is 0.214. The molecule has 0 atom stereocenters. The number of hydrogen-bond donors (Lipinski definition) is 0. The van der Waals surface area contributed by atoms with E-state index < -0.39 is 0 Å². The Morgan fingerprint density at radius 2 is 2.32 bits per heavy atom. The second kappa shape index (κ2) is 6.39. The van der Waals surface area contributed by atoms with E-state index in [0.29, 0.717) is 13.1 Å². The zero-order valence-corrected chi connectivity index (χ0v) is 12.8. The Morgan fingerprint density at radius 3 is 3.00 bits per heavy atom. The SMILES string of the molecule is CCN(CC(=O)OC)Cc1cc(Br)cc2c1OCC2. The highest BCUT2D eigenvalue weighted by Gasteiger charge is 2.19. The molecule has 0 unspecified atom stereocenters. The van der Waals surface area contributed by atoms with Crippen molar-refractivity contribution in [3.05, 3.63) is 27.7 Å². The van der Waals surface area contributed by atoms with Crippen LogP contribution in [0.4, 0.5) is 0 Å². The summed E-state index contributed by atoms with van der Waals surface area (Å²) in [5.74, 6) is 0.765. The van der Waals surface area contributed by atoms with Crippen molar-refractivity contribution < 1.29 is 14.3 Å². The predicted molar refractivity (Wildman–Crippen MR) is 76.3 cm³/mol. The van der Waals surface area contributed by atoms with Gasteiger partial charge in [0.25, 0.3) is 0 Å². The van der Waals surface area contributed by atoms with Crippen molar-refractivity contribution in [3.63, 3.8) is 0 Å². The van der Waals surface area contributed by atoms with Crippen LogP contribution in [0.25, 0.3) is 0 Å². The van der Waals surface area contributed by atoms with Crippen molar-refractivity contribution in [3.8, 4) is 5.75 Å². The van der Waals surface area contributed by atoms with Crippen LogP contribution in [-0.2, 0) is 22.5 Å². The molecule has 1 aromatic carbocycles. The van der Waals surface area contributed by atoms with Crippen LogP contribution >= 0.6 is 15.9 Å². The van der Waals surface area contributed by atoms with Gasteiger partial charge in [0.15, 0.2) is 0 Å². The zero-order chi connectivity index (χ0) is 13.8. The summed E-state index contributed by atoms with van der Waals surface area (Å²) in [5.41, 5.74) is 2.35. The van der Waals surface area contributed by atoms with E-state index in [-0.39, 0.29) is 5.97 Å². The fourth-order valence-electron chi connectivity index (χ4n) is 2.23. The first-order valence-electron chi connectivity index (χ1n) is 6.37. The van der Waals surface area contributed by atoms with Crippen LogP contribution in [0.1, 0.15) is 18.1 Å². The Kier molecular flexibility index (Phi) is 4.82. The smallest absolute Gasteiger partial charge is 0.319 e. The van der Waals surface area contributed by atoms with E-state index in [2.05, 4.69) is 28.1 Å².